The molecule has 34 heteroatoms. The van der Waals surface area contributed by atoms with Crippen molar-refractivity contribution in [3.05, 3.63) is 285 Å². The largest absolute Gasteiger partial charge is 2.00 e. The molecule has 733 valence electrons. The Kier molecular flexibility index (Phi) is 67.4. The fourth-order valence-electron chi connectivity index (χ4n) is 10.3. The number of allylic oxidation sites excluding steroid dienone is 8. The number of pyridine rings is 6. The van der Waals surface area contributed by atoms with Crippen LogP contribution in [0.2, 0.25) is 0 Å². The Labute approximate surface area is 859 Å². The van der Waals surface area contributed by atoms with Crippen LogP contribution in [0.1, 0.15) is 55.4 Å². The van der Waals surface area contributed by atoms with Crippen LogP contribution in [0.15, 0.2) is 248 Å². The molecule has 0 bridgehead atoms. The van der Waals surface area contributed by atoms with Crippen LogP contribution in [-0.2, 0) is 122 Å². The molecule has 6 aromatic carbocycles. The molecule has 0 atom stereocenters. The van der Waals surface area contributed by atoms with Crippen LogP contribution in [0.4, 0.5) is 0 Å². The Morgan fingerprint density at radius 2 is 0.496 bits per heavy atom. The molecule has 0 fully saturated rings. The van der Waals surface area contributed by atoms with Crippen LogP contribution < -0.4 is 71.1 Å². The normalized spacial score (nSPS) is 9.86. The molecule has 12 aromatic rings. The zero-order valence-electron chi connectivity index (χ0n) is 78.7. The second-order valence-corrected chi connectivity index (χ2v) is 25.9. The molecule has 0 unspecified atom stereocenters. The van der Waals surface area contributed by atoms with E-state index < -0.39 is 0 Å². The number of ether oxygens (including phenoxy) is 15. The van der Waals surface area contributed by atoms with Gasteiger partial charge in [-0.05, 0) is 156 Å². The molecule has 0 saturated carbocycles. The van der Waals surface area contributed by atoms with E-state index in [0.29, 0.717) is 40.2 Å². The van der Waals surface area contributed by atoms with Gasteiger partial charge in [0.25, 0.3) is 0 Å². The summed E-state index contributed by atoms with van der Waals surface area (Å²) >= 11 is 0. The molecule has 3 radical (unpaired) electrons. The first-order valence-corrected chi connectivity index (χ1v) is 39.0. The van der Waals surface area contributed by atoms with Crippen LogP contribution in [0.3, 0.4) is 0 Å². The number of aliphatic hydroxyl groups excluding tert-OH is 4. The van der Waals surface area contributed by atoms with Crippen LogP contribution >= 0.6 is 0 Å². The zero-order chi connectivity index (χ0) is 96.5. The first-order valence-electron chi connectivity index (χ1n) is 39.0. The fraction of sp³-hybridized carbons (Fsp3) is 0.228. The number of nitrogens with zero attached hydrogens (tertiary/aromatic N) is 6. The zero-order valence-corrected chi connectivity index (χ0v) is 90.5. The van der Waals surface area contributed by atoms with Gasteiger partial charge in [0, 0.05) is 200 Å². The van der Waals surface area contributed by atoms with Crippen LogP contribution in [0.25, 0.3) is 67.5 Å². The Bertz CT molecular complexity index is 5260. The molecule has 29 nitrogen and oxygen atoms in total. The number of rotatable bonds is 25. The van der Waals surface area contributed by atoms with Gasteiger partial charge in [0.2, 0.25) is 0 Å². The summed E-state index contributed by atoms with van der Waals surface area (Å²) in [6, 6.07) is 68.0. The van der Waals surface area contributed by atoms with Crippen LogP contribution in [-0.4, -0.2) is 180 Å². The first kappa shape index (κ1) is 127. The van der Waals surface area contributed by atoms with Crippen molar-refractivity contribution in [1.82, 2.24) is 29.9 Å². The van der Waals surface area contributed by atoms with Gasteiger partial charge >= 0.3 is 21.1 Å². The maximum atomic E-state index is 10.0. The Hall–Kier alpha value is -12.6. The number of ketones is 4. The predicted molar refractivity (Wildman–Crippen MR) is 498 cm³/mol. The molecule has 0 spiro atoms. The van der Waals surface area contributed by atoms with Gasteiger partial charge in [-0.2, -0.15) is 0 Å². The van der Waals surface area contributed by atoms with E-state index in [1.807, 2.05) is 91.0 Å². The molecule has 0 saturated heterocycles. The molecule has 12 rings (SSSR count). The van der Waals surface area contributed by atoms with Gasteiger partial charge in [0.15, 0.2) is 23.1 Å². The van der Waals surface area contributed by atoms with Gasteiger partial charge in [0.1, 0.15) is 28.7 Å². The molecule has 4 N–H and O–H groups in total. The smallest absolute Gasteiger partial charge is 0.540 e. The Morgan fingerprint density at radius 3 is 0.719 bits per heavy atom. The number of carbonyl (C=O) groups is 4. The molecular weight excluding hydrogens is 2630 g/mol. The summed E-state index contributed by atoms with van der Waals surface area (Å²) in [4.78, 5) is 65.7. The molecular formula is C101H110Ir3N6O23Pt2-4. The topological polar surface area (TPSA) is 365 Å². The maximum absolute atomic E-state index is 10.0. The average Bonchev–Trinajstić information content (AvgIpc) is 0.810. The molecule has 0 aliphatic heterocycles. The number of hydrogen-bond donors (Lipinski definition) is 4. The first-order chi connectivity index (χ1) is 62.4. The summed E-state index contributed by atoms with van der Waals surface area (Å²) in [6.45, 7) is 11.4. The predicted octanol–water partition coefficient (Wildman–Crippen LogP) is 19.6. The number of carbonyl (C=O) groups excluding carboxylic acids is 4. The van der Waals surface area contributed by atoms with Gasteiger partial charge in [-0.1, -0.05) is 64.2 Å². The van der Waals surface area contributed by atoms with Crippen molar-refractivity contribution in [2.24, 2.45) is 0 Å². The van der Waals surface area contributed by atoms with E-state index in [4.69, 9.17) is 91.5 Å². The molecule has 0 amide bonds. The van der Waals surface area contributed by atoms with Gasteiger partial charge in [0.05, 0.1) is 130 Å². The number of methoxy groups -OCH3 is 15. The van der Waals surface area contributed by atoms with E-state index in [1.54, 1.807) is 217 Å². The van der Waals surface area contributed by atoms with Crippen molar-refractivity contribution >= 4 is 23.1 Å². The molecule has 6 heterocycles. The summed E-state index contributed by atoms with van der Waals surface area (Å²) in [5.74, 6) is 10.6. The minimum atomic E-state index is -0.125. The van der Waals surface area contributed by atoms with Crippen molar-refractivity contribution in [1.29, 1.82) is 0 Å². The van der Waals surface area contributed by atoms with Crippen LogP contribution in [0.5, 0.6) is 86.2 Å². The van der Waals surface area contributed by atoms with Crippen molar-refractivity contribution in [2.75, 3.05) is 107 Å². The van der Waals surface area contributed by atoms with Gasteiger partial charge in [-0.3, -0.25) is 19.2 Å². The maximum Gasteiger partial charge on any atom is 2.00 e. The van der Waals surface area contributed by atoms with Crippen LogP contribution in [0, 0.1) is 36.4 Å². The third-order valence-corrected chi connectivity index (χ3v) is 16.1. The summed E-state index contributed by atoms with van der Waals surface area (Å²) in [7, 11) is 24.2. The summed E-state index contributed by atoms with van der Waals surface area (Å²) in [5, 5.41) is 33.5. The van der Waals surface area contributed by atoms with Crippen molar-refractivity contribution < 1.29 is 213 Å². The molecule has 0 aliphatic rings. The quantitative estimate of drug-likeness (QED) is 0.0234. The van der Waals surface area contributed by atoms with Crippen molar-refractivity contribution in [3.8, 4) is 154 Å². The van der Waals surface area contributed by atoms with Gasteiger partial charge in [-0.15, -0.1) is 103 Å². The monoisotopic (exact) mass is 2740 g/mol. The number of hydrogen-bond acceptors (Lipinski definition) is 29. The van der Waals surface area contributed by atoms with E-state index in [2.05, 4.69) is 66.3 Å². The fourth-order valence-corrected chi connectivity index (χ4v) is 10.3. The Morgan fingerprint density at radius 1 is 0.252 bits per heavy atom. The number of benzene rings is 6. The van der Waals surface area contributed by atoms with E-state index >= 15 is 0 Å². The summed E-state index contributed by atoms with van der Waals surface area (Å²) in [6.07, 6.45) is 14.9. The van der Waals surface area contributed by atoms with E-state index in [9.17, 15) is 19.2 Å². The third kappa shape index (κ3) is 48.7. The summed E-state index contributed by atoms with van der Waals surface area (Å²) in [5.41, 5.74) is 9.61. The van der Waals surface area contributed by atoms with Crippen molar-refractivity contribution in [2.45, 2.75) is 55.4 Å². The van der Waals surface area contributed by atoms with E-state index in [1.165, 1.54) is 79.7 Å². The minimum Gasteiger partial charge on any atom is -0.540 e. The number of aromatic nitrogens is 6. The molecule has 6 aromatic heterocycles. The van der Waals surface area contributed by atoms with Gasteiger partial charge in [-0.25, -0.2) is 0 Å². The molecule has 135 heavy (non-hydrogen) atoms. The second-order valence-electron chi connectivity index (χ2n) is 25.9. The number of aliphatic hydroxyl groups is 4. The SMILES string of the molecule is CC(=O)C=C(C)O.CC(=O)C=C(C)O.CC(=O)C=C(C)O.CC(=O)C=C(C)O.COc1c[c-]c(-c2cc(OC)ccn2)cc1.COc1c[c-]c(-c2ccccn2)c(OC)c1.COc1ccnc(-c2[c-]cc(OC)cc2OC)c1.COc1ccnc(-c2[c-]cc(OC)cc2OC)c1.COc1ccnc(-c2[c-]cc(OC)cc2OC)c1.COc1ccnc(-c2[c-]cccc2OC)c1.[Ir].[Ir].[Ir].[Pt+2].[Pt]. The Balaban J connectivity index is -0.00000146. The van der Waals surface area contributed by atoms with Gasteiger partial charge < -0.3 is 121 Å². The standard InChI is InChI=1S/3C14H14NO3.3C13H12NO2.4C5H8O2.3Ir.2Pt/c3*1-16-10-4-5-12(14(9-10)18-3)13-8-11(17-2)6-7-15-13;1-15-11-5-3-10(4-6-11)13-9-12(16-2)7-8-14-13;1-15-10-6-7-11(13(9-10)16-2)12-5-3-4-8-14-12;1-15-10-7-8-14-12(9-10)11-5-3-4-6-13(11)16-2;4*1-4(6)3-5(2)7;;;;;/h3*4,6-9H,1-3H3;3,5-9H,1-2H3;3-6,8-9H,1-2H3;3-4,6-9H,1-2H3;4*3,6H,1-2H3;;;;;/q6*-1;;;;;;;;;+2. The van der Waals surface area contributed by atoms with E-state index in [0.717, 1.165) is 114 Å². The van der Waals surface area contributed by atoms with Crippen molar-refractivity contribution in [3.63, 3.8) is 0 Å². The minimum absolute atomic E-state index is 0. The second kappa shape index (κ2) is 71.9. The molecule has 0 aliphatic carbocycles. The van der Waals surface area contributed by atoms with E-state index in [-0.39, 0.29) is 149 Å². The third-order valence-electron chi connectivity index (χ3n) is 16.1. The average molecular weight is 2740 g/mol. The summed E-state index contributed by atoms with van der Waals surface area (Å²) < 4.78 is 77.9.